The first-order valence-electron chi connectivity index (χ1n) is 4.92. The van der Waals surface area contributed by atoms with Crippen LogP contribution in [0.1, 0.15) is 24.5 Å². The van der Waals surface area contributed by atoms with Crippen LogP contribution in [0.3, 0.4) is 0 Å². The number of hydrogen-bond acceptors (Lipinski definition) is 4. The van der Waals surface area contributed by atoms with Gasteiger partial charge >= 0.3 is 5.97 Å². The number of benzene rings is 1. The number of aliphatic hydroxyl groups excluding tert-OH is 1. The molecule has 1 aromatic heterocycles. The van der Waals surface area contributed by atoms with Crippen LogP contribution in [0.15, 0.2) is 22.6 Å². The van der Waals surface area contributed by atoms with Gasteiger partial charge in [-0.25, -0.2) is 9.78 Å². The molecule has 0 aliphatic carbocycles. The number of rotatable bonds is 3. The van der Waals surface area contributed by atoms with Gasteiger partial charge in [-0.1, -0.05) is 13.0 Å². The number of oxazole rings is 1. The molecule has 0 radical (unpaired) electrons. The number of hydrogen-bond donors (Lipinski definition) is 2. The van der Waals surface area contributed by atoms with E-state index in [1.165, 1.54) is 0 Å². The summed E-state index contributed by atoms with van der Waals surface area (Å²) in [6.07, 6.45) is -0.850. The first-order valence-corrected chi connectivity index (χ1v) is 4.92. The minimum absolute atomic E-state index is 0.184. The lowest BCUT2D eigenvalue weighted by atomic mass is 10.1. The summed E-state index contributed by atoms with van der Waals surface area (Å²) in [4.78, 5) is 14.5. The third kappa shape index (κ3) is 1.77. The van der Waals surface area contributed by atoms with E-state index in [2.05, 4.69) is 4.98 Å². The third-order valence-corrected chi connectivity index (χ3v) is 2.34. The summed E-state index contributed by atoms with van der Waals surface area (Å²) in [5, 5.41) is 17.9. The zero-order valence-corrected chi connectivity index (χ0v) is 8.67. The van der Waals surface area contributed by atoms with Crippen molar-refractivity contribution in [1.82, 2.24) is 4.98 Å². The lowest BCUT2D eigenvalue weighted by molar-refractivity contribution is -0.148. The van der Waals surface area contributed by atoms with Crippen molar-refractivity contribution in [2.24, 2.45) is 0 Å². The second-order valence-corrected chi connectivity index (χ2v) is 3.45. The van der Waals surface area contributed by atoms with Gasteiger partial charge in [0, 0.05) is 0 Å². The van der Waals surface area contributed by atoms with Crippen LogP contribution in [-0.2, 0) is 11.2 Å². The largest absolute Gasteiger partial charge is 0.479 e. The van der Waals surface area contributed by atoms with E-state index in [0.717, 1.165) is 12.0 Å². The lowest BCUT2D eigenvalue weighted by Gasteiger charge is -1.96. The number of aliphatic carboxylic acids is 1. The molecule has 0 spiro atoms. The van der Waals surface area contributed by atoms with Gasteiger partial charge in [-0.2, -0.15) is 0 Å². The van der Waals surface area contributed by atoms with E-state index in [-0.39, 0.29) is 5.89 Å². The van der Waals surface area contributed by atoms with Crippen LogP contribution in [0.4, 0.5) is 0 Å². The Morgan fingerprint density at radius 3 is 2.94 bits per heavy atom. The van der Waals surface area contributed by atoms with Crippen molar-refractivity contribution in [3.63, 3.8) is 0 Å². The Labute approximate surface area is 91.3 Å². The molecule has 5 heteroatoms. The van der Waals surface area contributed by atoms with Gasteiger partial charge in [0.15, 0.2) is 5.58 Å². The SMILES string of the molecule is CCc1ccc2oc(C(O)C(=O)O)nc2c1. The van der Waals surface area contributed by atoms with Gasteiger partial charge in [0.1, 0.15) is 5.52 Å². The summed E-state index contributed by atoms with van der Waals surface area (Å²) in [7, 11) is 0. The molecule has 0 saturated carbocycles. The van der Waals surface area contributed by atoms with E-state index in [4.69, 9.17) is 9.52 Å². The Morgan fingerprint density at radius 2 is 2.31 bits per heavy atom. The van der Waals surface area contributed by atoms with Crippen molar-refractivity contribution in [3.8, 4) is 0 Å². The Morgan fingerprint density at radius 1 is 1.56 bits per heavy atom. The monoisotopic (exact) mass is 221 g/mol. The molecule has 2 N–H and O–H groups in total. The molecule has 0 aliphatic rings. The van der Waals surface area contributed by atoms with Gasteiger partial charge in [-0.15, -0.1) is 0 Å². The summed E-state index contributed by atoms with van der Waals surface area (Å²) in [5.41, 5.74) is 2.12. The van der Waals surface area contributed by atoms with Crippen LogP contribution in [0.2, 0.25) is 0 Å². The molecule has 16 heavy (non-hydrogen) atoms. The van der Waals surface area contributed by atoms with Crippen molar-refractivity contribution < 1.29 is 19.4 Å². The van der Waals surface area contributed by atoms with E-state index in [1.54, 1.807) is 6.07 Å². The molecule has 84 valence electrons. The number of nitrogens with zero attached hydrogens (tertiary/aromatic N) is 1. The van der Waals surface area contributed by atoms with E-state index in [0.29, 0.717) is 11.1 Å². The molecule has 0 fully saturated rings. The van der Waals surface area contributed by atoms with Crippen molar-refractivity contribution in [3.05, 3.63) is 29.7 Å². The van der Waals surface area contributed by atoms with Gasteiger partial charge in [0.25, 0.3) is 0 Å². The van der Waals surface area contributed by atoms with E-state index in [9.17, 15) is 9.90 Å². The van der Waals surface area contributed by atoms with Gasteiger partial charge in [0.2, 0.25) is 12.0 Å². The maximum absolute atomic E-state index is 10.5. The Balaban J connectivity index is 2.47. The van der Waals surface area contributed by atoms with Crippen LogP contribution in [0, 0.1) is 0 Å². The molecule has 0 amide bonds. The summed E-state index contributed by atoms with van der Waals surface area (Å²) < 4.78 is 5.15. The van der Waals surface area contributed by atoms with Crippen LogP contribution in [0.25, 0.3) is 11.1 Å². The molecule has 0 saturated heterocycles. The highest BCUT2D eigenvalue weighted by atomic mass is 16.4. The second-order valence-electron chi connectivity index (χ2n) is 3.45. The lowest BCUT2D eigenvalue weighted by Crippen LogP contribution is -2.10. The molecule has 5 nitrogen and oxygen atoms in total. The maximum atomic E-state index is 10.5. The maximum Gasteiger partial charge on any atom is 0.342 e. The number of carboxylic acid groups (broad SMARTS) is 1. The fourth-order valence-corrected chi connectivity index (χ4v) is 1.43. The highest BCUT2D eigenvalue weighted by Crippen LogP contribution is 2.21. The van der Waals surface area contributed by atoms with Crippen LogP contribution >= 0.6 is 0 Å². The summed E-state index contributed by atoms with van der Waals surface area (Å²) in [5.74, 6) is -1.56. The summed E-state index contributed by atoms with van der Waals surface area (Å²) in [6, 6.07) is 5.42. The minimum Gasteiger partial charge on any atom is -0.479 e. The smallest absolute Gasteiger partial charge is 0.342 e. The van der Waals surface area contributed by atoms with Crippen LogP contribution in [0.5, 0.6) is 0 Å². The van der Waals surface area contributed by atoms with E-state index in [1.807, 2.05) is 19.1 Å². The average molecular weight is 221 g/mol. The quantitative estimate of drug-likeness (QED) is 0.820. The number of aryl methyl sites for hydroxylation is 1. The second kappa shape index (κ2) is 3.94. The minimum atomic E-state index is -1.71. The molecule has 1 aromatic carbocycles. The summed E-state index contributed by atoms with van der Waals surface area (Å²) >= 11 is 0. The van der Waals surface area contributed by atoms with Crippen molar-refractivity contribution in [1.29, 1.82) is 0 Å². The Kier molecular flexibility index (Phi) is 2.62. The molecule has 0 bridgehead atoms. The highest BCUT2D eigenvalue weighted by Gasteiger charge is 2.22. The molecular formula is C11H11NO4. The fourth-order valence-electron chi connectivity index (χ4n) is 1.43. The predicted molar refractivity (Wildman–Crippen MR) is 56.0 cm³/mol. The molecule has 0 aliphatic heterocycles. The normalized spacial score (nSPS) is 12.9. The molecule has 2 aromatic rings. The first kappa shape index (κ1) is 10.6. The van der Waals surface area contributed by atoms with Gasteiger partial charge in [-0.05, 0) is 24.1 Å². The molecule has 1 heterocycles. The van der Waals surface area contributed by atoms with Crippen molar-refractivity contribution >= 4 is 17.1 Å². The number of aliphatic hydroxyl groups is 1. The topological polar surface area (TPSA) is 83.6 Å². The highest BCUT2D eigenvalue weighted by molar-refractivity contribution is 5.77. The van der Waals surface area contributed by atoms with Gasteiger partial charge < -0.3 is 14.6 Å². The van der Waals surface area contributed by atoms with Crippen molar-refractivity contribution in [2.45, 2.75) is 19.4 Å². The summed E-state index contributed by atoms with van der Waals surface area (Å²) in [6.45, 7) is 2.01. The van der Waals surface area contributed by atoms with Gasteiger partial charge in [-0.3, -0.25) is 0 Å². The Bertz CT molecular complexity index is 532. The van der Waals surface area contributed by atoms with E-state index < -0.39 is 12.1 Å². The van der Waals surface area contributed by atoms with Crippen LogP contribution < -0.4 is 0 Å². The first-order chi connectivity index (χ1) is 7.61. The number of carboxylic acids is 1. The molecular weight excluding hydrogens is 210 g/mol. The Hall–Kier alpha value is -1.88. The zero-order valence-electron chi connectivity index (χ0n) is 8.67. The number of aromatic nitrogens is 1. The van der Waals surface area contributed by atoms with Crippen LogP contribution in [-0.4, -0.2) is 21.2 Å². The zero-order chi connectivity index (χ0) is 11.7. The molecule has 1 unspecified atom stereocenters. The molecule has 1 atom stereocenters. The van der Waals surface area contributed by atoms with Crippen molar-refractivity contribution in [2.75, 3.05) is 0 Å². The average Bonchev–Trinajstić information content (AvgIpc) is 2.69. The number of carbonyl (C=O) groups is 1. The van der Waals surface area contributed by atoms with E-state index >= 15 is 0 Å². The van der Waals surface area contributed by atoms with Gasteiger partial charge in [0.05, 0.1) is 0 Å². The fraction of sp³-hybridized carbons (Fsp3) is 0.273. The standard InChI is InChI=1S/C11H11NO4/c1-2-6-3-4-8-7(5-6)12-10(16-8)9(13)11(14)15/h3-5,9,13H,2H2,1H3,(H,14,15). The third-order valence-electron chi connectivity index (χ3n) is 2.34. The molecule has 2 rings (SSSR count). The predicted octanol–water partition coefficient (Wildman–Crippen LogP) is 1.51. The number of fused-ring (bicyclic) bond motifs is 1.